The lowest BCUT2D eigenvalue weighted by Crippen LogP contribution is -2.28. The lowest BCUT2D eigenvalue weighted by Gasteiger charge is -2.06. The van der Waals surface area contributed by atoms with Crippen molar-refractivity contribution in [3.05, 3.63) is 58.1 Å². The Morgan fingerprint density at radius 1 is 1.15 bits per heavy atom. The average molecular weight is 366 g/mol. The molecule has 0 aliphatic rings. The number of amides is 1. The van der Waals surface area contributed by atoms with Crippen molar-refractivity contribution in [2.24, 2.45) is 0 Å². The molecular formula is C21H22N2O2S. The number of hydrogen-bond donors (Lipinski definition) is 1. The van der Waals surface area contributed by atoms with E-state index >= 15 is 0 Å². The molecule has 1 heterocycles. The van der Waals surface area contributed by atoms with Gasteiger partial charge >= 0.3 is 0 Å². The van der Waals surface area contributed by atoms with Gasteiger partial charge in [-0.2, -0.15) is 0 Å². The Bertz CT molecular complexity index is 904. The van der Waals surface area contributed by atoms with E-state index in [0.717, 1.165) is 16.1 Å². The minimum atomic E-state index is -0.113. The van der Waals surface area contributed by atoms with Crippen LogP contribution in [0.3, 0.4) is 0 Å². The number of nitrogens with one attached hydrogen (secondary N) is 1. The van der Waals surface area contributed by atoms with Crippen LogP contribution >= 0.6 is 11.3 Å². The van der Waals surface area contributed by atoms with Gasteiger partial charge < -0.3 is 10.1 Å². The highest BCUT2D eigenvalue weighted by molar-refractivity contribution is 7.19. The second-order valence-electron chi connectivity index (χ2n) is 6.10. The Morgan fingerprint density at radius 2 is 1.88 bits per heavy atom. The molecular weight excluding hydrogens is 344 g/mol. The van der Waals surface area contributed by atoms with Crippen LogP contribution in [-0.2, 0) is 4.79 Å². The zero-order chi connectivity index (χ0) is 18.5. The van der Waals surface area contributed by atoms with E-state index < -0.39 is 0 Å². The molecule has 0 atom stereocenters. The van der Waals surface area contributed by atoms with E-state index in [0.29, 0.717) is 12.3 Å². The zero-order valence-electron chi connectivity index (χ0n) is 15.2. The third-order valence-corrected chi connectivity index (χ3v) is 5.05. The van der Waals surface area contributed by atoms with Crippen LogP contribution in [0.4, 0.5) is 0 Å². The standard InChI is InChI=1S/C21H22N2O2S/c1-4-22-20(24)13-25-17-8-5-16(6-9-17)7-10-21-23-18-11-14(2)15(3)12-19(18)26-21/h5-12H,4,13H2,1-3H3,(H,22,24)/b10-7+. The third kappa shape index (κ3) is 4.49. The van der Waals surface area contributed by atoms with Crippen molar-refractivity contribution in [3.8, 4) is 5.75 Å². The number of likely N-dealkylation sites (N-methyl/N-ethyl adjacent to an activating group) is 1. The van der Waals surface area contributed by atoms with Crippen molar-refractivity contribution < 1.29 is 9.53 Å². The van der Waals surface area contributed by atoms with Gasteiger partial charge in [0.1, 0.15) is 10.8 Å². The first kappa shape index (κ1) is 18.1. The van der Waals surface area contributed by atoms with Crippen molar-refractivity contribution in [1.82, 2.24) is 10.3 Å². The highest BCUT2D eigenvalue weighted by atomic mass is 32.1. The summed E-state index contributed by atoms with van der Waals surface area (Å²) >= 11 is 1.69. The molecule has 134 valence electrons. The zero-order valence-corrected chi connectivity index (χ0v) is 16.0. The molecule has 4 nitrogen and oxygen atoms in total. The second-order valence-corrected chi connectivity index (χ2v) is 7.16. The Balaban J connectivity index is 1.66. The molecule has 0 fully saturated rings. The number of hydrogen-bond acceptors (Lipinski definition) is 4. The Kier molecular flexibility index (Phi) is 5.68. The van der Waals surface area contributed by atoms with Gasteiger partial charge in [-0.1, -0.05) is 18.2 Å². The molecule has 0 spiro atoms. The monoisotopic (exact) mass is 366 g/mol. The predicted octanol–water partition coefficient (Wildman–Crippen LogP) is 4.60. The van der Waals surface area contributed by atoms with Crippen molar-refractivity contribution in [2.75, 3.05) is 13.2 Å². The van der Waals surface area contributed by atoms with Gasteiger partial charge in [-0.05, 0) is 67.8 Å². The lowest BCUT2D eigenvalue weighted by molar-refractivity contribution is -0.122. The molecule has 0 bridgehead atoms. The Labute approximate surface area is 157 Å². The molecule has 2 aromatic carbocycles. The van der Waals surface area contributed by atoms with Crippen LogP contribution in [0.15, 0.2) is 36.4 Å². The summed E-state index contributed by atoms with van der Waals surface area (Å²) in [5, 5.41) is 3.69. The number of thiazole rings is 1. The largest absolute Gasteiger partial charge is 0.484 e. The molecule has 1 N–H and O–H groups in total. The van der Waals surface area contributed by atoms with E-state index in [2.05, 4.69) is 36.3 Å². The van der Waals surface area contributed by atoms with Gasteiger partial charge in [0, 0.05) is 6.54 Å². The molecule has 0 saturated carbocycles. The molecule has 0 unspecified atom stereocenters. The SMILES string of the molecule is CCNC(=O)COc1ccc(/C=C/c2nc3cc(C)c(C)cc3s2)cc1. The van der Waals surface area contributed by atoms with Crippen LogP contribution in [0.1, 0.15) is 28.6 Å². The van der Waals surface area contributed by atoms with E-state index in [4.69, 9.17) is 4.74 Å². The van der Waals surface area contributed by atoms with Gasteiger partial charge in [-0.25, -0.2) is 4.98 Å². The first-order valence-electron chi connectivity index (χ1n) is 8.60. The van der Waals surface area contributed by atoms with Crippen LogP contribution in [0, 0.1) is 13.8 Å². The fraction of sp³-hybridized carbons (Fsp3) is 0.238. The number of aromatic nitrogens is 1. The molecule has 0 saturated heterocycles. The summed E-state index contributed by atoms with van der Waals surface area (Å²) in [5.74, 6) is 0.567. The maximum Gasteiger partial charge on any atom is 0.257 e. The van der Waals surface area contributed by atoms with Crippen molar-refractivity contribution >= 4 is 39.6 Å². The van der Waals surface area contributed by atoms with Crippen LogP contribution < -0.4 is 10.1 Å². The predicted molar refractivity (Wildman–Crippen MR) is 109 cm³/mol. The van der Waals surface area contributed by atoms with Gasteiger partial charge in [0.25, 0.3) is 5.91 Å². The van der Waals surface area contributed by atoms with Crippen molar-refractivity contribution in [2.45, 2.75) is 20.8 Å². The summed E-state index contributed by atoms with van der Waals surface area (Å²) in [5.41, 5.74) is 4.66. The summed E-state index contributed by atoms with van der Waals surface area (Å²) in [6.45, 7) is 6.76. The number of benzene rings is 2. The summed E-state index contributed by atoms with van der Waals surface area (Å²) in [7, 11) is 0. The number of aryl methyl sites for hydroxylation is 2. The van der Waals surface area contributed by atoms with Crippen molar-refractivity contribution in [1.29, 1.82) is 0 Å². The number of carbonyl (C=O) groups is 1. The number of ether oxygens (including phenoxy) is 1. The van der Waals surface area contributed by atoms with E-state index in [1.165, 1.54) is 15.8 Å². The van der Waals surface area contributed by atoms with Gasteiger partial charge in [0.05, 0.1) is 10.2 Å². The van der Waals surface area contributed by atoms with Gasteiger partial charge in [-0.3, -0.25) is 4.79 Å². The molecule has 1 aromatic heterocycles. The average Bonchev–Trinajstić information content (AvgIpc) is 3.01. The number of rotatable bonds is 6. The molecule has 3 aromatic rings. The smallest absolute Gasteiger partial charge is 0.257 e. The maximum absolute atomic E-state index is 11.4. The summed E-state index contributed by atoms with van der Waals surface area (Å²) in [6.07, 6.45) is 4.06. The minimum Gasteiger partial charge on any atom is -0.484 e. The molecule has 3 rings (SSSR count). The topological polar surface area (TPSA) is 51.2 Å². The second kappa shape index (κ2) is 8.15. The van der Waals surface area contributed by atoms with Crippen molar-refractivity contribution in [3.63, 3.8) is 0 Å². The number of carbonyl (C=O) groups excluding carboxylic acids is 1. The third-order valence-electron chi connectivity index (χ3n) is 4.06. The number of nitrogens with zero attached hydrogens (tertiary/aromatic N) is 1. The Morgan fingerprint density at radius 3 is 2.62 bits per heavy atom. The van der Waals surface area contributed by atoms with Gasteiger partial charge in [0.2, 0.25) is 0 Å². The normalized spacial score (nSPS) is 11.2. The highest BCUT2D eigenvalue weighted by Gasteiger charge is 2.04. The molecule has 1 amide bonds. The summed E-state index contributed by atoms with van der Waals surface area (Å²) in [4.78, 5) is 16.1. The van der Waals surface area contributed by atoms with E-state index in [1.807, 2.05) is 43.3 Å². The van der Waals surface area contributed by atoms with E-state index in [-0.39, 0.29) is 12.5 Å². The lowest BCUT2D eigenvalue weighted by atomic mass is 10.1. The first-order valence-corrected chi connectivity index (χ1v) is 9.42. The fourth-order valence-electron chi connectivity index (χ4n) is 2.51. The quantitative estimate of drug-likeness (QED) is 0.694. The molecule has 0 aliphatic carbocycles. The van der Waals surface area contributed by atoms with Gasteiger partial charge in [-0.15, -0.1) is 11.3 Å². The van der Waals surface area contributed by atoms with Crippen LogP contribution in [0.25, 0.3) is 22.4 Å². The van der Waals surface area contributed by atoms with Crippen LogP contribution in [0.5, 0.6) is 5.75 Å². The summed E-state index contributed by atoms with van der Waals surface area (Å²) < 4.78 is 6.66. The van der Waals surface area contributed by atoms with E-state index in [1.54, 1.807) is 11.3 Å². The Hall–Kier alpha value is -2.66. The van der Waals surface area contributed by atoms with Crippen LogP contribution in [0.2, 0.25) is 0 Å². The van der Waals surface area contributed by atoms with E-state index in [9.17, 15) is 4.79 Å². The molecule has 26 heavy (non-hydrogen) atoms. The number of fused-ring (bicyclic) bond motifs is 1. The molecule has 0 radical (unpaired) electrons. The molecule has 0 aliphatic heterocycles. The highest BCUT2D eigenvalue weighted by Crippen LogP contribution is 2.26. The summed E-state index contributed by atoms with van der Waals surface area (Å²) in [6, 6.07) is 12.0. The first-order chi connectivity index (χ1) is 12.5. The fourth-order valence-corrected chi connectivity index (χ4v) is 3.46. The maximum atomic E-state index is 11.4. The van der Waals surface area contributed by atoms with Gasteiger partial charge in [0.15, 0.2) is 6.61 Å². The minimum absolute atomic E-state index is 0.0353. The molecule has 5 heteroatoms. The van der Waals surface area contributed by atoms with Crippen LogP contribution in [-0.4, -0.2) is 24.0 Å².